The maximum atomic E-state index is 12.4. The first-order valence-electron chi connectivity index (χ1n) is 10.7. The zero-order valence-corrected chi connectivity index (χ0v) is 19.7. The molecule has 0 aliphatic heterocycles. The Balaban J connectivity index is 1.51. The van der Waals surface area contributed by atoms with Crippen LogP contribution in [0.3, 0.4) is 0 Å². The molecule has 0 bridgehead atoms. The molecule has 9 heteroatoms. The lowest BCUT2D eigenvalue weighted by atomic mass is 10.2. The van der Waals surface area contributed by atoms with Crippen molar-refractivity contribution in [3.63, 3.8) is 0 Å². The van der Waals surface area contributed by atoms with E-state index < -0.39 is 28.0 Å². The fourth-order valence-corrected chi connectivity index (χ4v) is 3.99. The molecule has 1 atom stereocenters. The summed E-state index contributed by atoms with van der Waals surface area (Å²) in [5, 5.41) is 2.68. The molecule has 0 radical (unpaired) electrons. The van der Waals surface area contributed by atoms with E-state index in [-0.39, 0.29) is 17.0 Å². The second-order valence-electron chi connectivity index (χ2n) is 7.36. The highest BCUT2D eigenvalue weighted by Crippen LogP contribution is 2.18. The number of esters is 1. The molecule has 3 aromatic carbocycles. The maximum absolute atomic E-state index is 12.4. The minimum absolute atomic E-state index is 0.0351. The Hall–Kier alpha value is -3.69. The van der Waals surface area contributed by atoms with Gasteiger partial charge in [0.15, 0.2) is 6.10 Å². The van der Waals surface area contributed by atoms with Crippen molar-refractivity contribution < 1.29 is 27.5 Å². The van der Waals surface area contributed by atoms with Crippen LogP contribution in [0.25, 0.3) is 0 Å². The van der Waals surface area contributed by atoms with E-state index in [0.717, 1.165) is 5.56 Å². The second kappa shape index (κ2) is 11.4. The highest BCUT2D eigenvalue weighted by atomic mass is 32.2. The molecular formula is C25H26N2O6S. The molecule has 34 heavy (non-hydrogen) atoms. The maximum Gasteiger partial charge on any atom is 0.338 e. The van der Waals surface area contributed by atoms with Gasteiger partial charge in [-0.15, -0.1) is 0 Å². The lowest BCUT2D eigenvalue weighted by Gasteiger charge is -2.14. The summed E-state index contributed by atoms with van der Waals surface area (Å²) >= 11 is 0. The molecule has 0 aliphatic rings. The first-order chi connectivity index (χ1) is 16.3. The van der Waals surface area contributed by atoms with Gasteiger partial charge in [-0.1, -0.05) is 37.3 Å². The molecule has 3 aromatic rings. The van der Waals surface area contributed by atoms with Crippen molar-refractivity contribution in [1.29, 1.82) is 0 Å². The highest BCUT2D eigenvalue weighted by molar-refractivity contribution is 7.89. The summed E-state index contributed by atoms with van der Waals surface area (Å²) in [7, 11) is -3.62. The first-order valence-corrected chi connectivity index (χ1v) is 12.1. The van der Waals surface area contributed by atoms with E-state index in [1.54, 1.807) is 31.2 Å². The Morgan fingerprint density at radius 1 is 0.912 bits per heavy atom. The molecule has 0 saturated carbocycles. The van der Waals surface area contributed by atoms with Crippen LogP contribution in [0, 0.1) is 0 Å². The summed E-state index contributed by atoms with van der Waals surface area (Å²) in [6.45, 7) is 3.81. The summed E-state index contributed by atoms with van der Waals surface area (Å²) < 4.78 is 37.3. The monoisotopic (exact) mass is 482 g/mol. The lowest BCUT2D eigenvalue weighted by molar-refractivity contribution is -0.123. The molecular weight excluding hydrogens is 456 g/mol. The van der Waals surface area contributed by atoms with Crippen molar-refractivity contribution in [2.24, 2.45) is 0 Å². The van der Waals surface area contributed by atoms with E-state index in [1.165, 1.54) is 31.2 Å². The number of rotatable bonds is 10. The van der Waals surface area contributed by atoms with Crippen molar-refractivity contribution in [1.82, 2.24) is 4.72 Å². The van der Waals surface area contributed by atoms with Gasteiger partial charge in [-0.25, -0.2) is 17.9 Å². The molecule has 2 N–H and O–H groups in total. The van der Waals surface area contributed by atoms with E-state index in [4.69, 9.17) is 9.47 Å². The van der Waals surface area contributed by atoms with E-state index in [1.807, 2.05) is 30.3 Å². The molecule has 0 fully saturated rings. The number of ether oxygens (including phenoxy) is 2. The van der Waals surface area contributed by atoms with Gasteiger partial charge in [-0.05, 0) is 61.0 Å². The molecule has 0 heterocycles. The summed E-state index contributed by atoms with van der Waals surface area (Å²) in [4.78, 5) is 24.8. The fourth-order valence-electron chi connectivity index (χ4n) is 2.94. The molecule has 178 valence electrons. The topological polar surface area (TPSA) is 111 Å². The molecule has 1 amide bonds. The molecule has 0 aromatic heterocycles. The number of sulfonamides is 1. The van der Waals surface area contributed by atoms with Gasteiger partial charge in [0.05, 0.1) is 10.5 Å². The number of carbonyl (C=O) groups is 2. The van der Waals surface area contributed by atoms with Crippen LogP contribution in [-0.4, -0.2) is 32.9 Å². The Labute approximate surface area is 199 Å². The average molecular weight is 483 g/mol. The Morgan fingerprint density at radius 2 is 1.56 bits per heavy atom. The highest BCUT2D eigenvalue weighted by Gasteiger charge is 2.20. The van der Waals surface area contributed by atoms with Crippen LogP contribution in [0.1, 0.15) is 29.8 Å². The van der Waals surface area contributed by atoms with Gasteiger partial charge in [0.25, 0.3) is 5.91 Å². The number of hydrogen-bond donors (Lipinski definition) is 2. The Kier molecular flexibility index (Phi) is 8.39. The second-order valence-corrected chi connectivity index (χ2v) is 9.13. The smallest absolute Gasteiger partial charge is 0.338 e. The van der Waals surface area contributed by atoms with Crippen molar-refractivity contribution >= 4 is 27.6 Å². The zero-order chi connectivity index (χ0) is 24.6. The molecule has 1 unspecified atom stereocenters. The average Bonchev–Trinajstić information content (AvgIpc) is 2.84. The first kappa shape index (κ1) is 24.9. The molecule has 0 spiro atoms. The van der Waals surface area contributed by atoms with Crippen LogP contribution in [-0.2, 0) is 26.2 Å². The standard InChI is InChI=1S/C25H26N2O6S/c1-3-26-34(30,31)23-15-9-20(10-16-23)25(29)33-18(2)24(28)27-21-11-13-22(14-12-21)32-17-19-7-5-4-6-8-19/h4-16,18,26H,3,17H2,1-2H3,(H,27,28). The molecule has 0 aliphatic carbocycles. The van der Waals surface area contributed by atoms with Crippen molar-refractivity contribution in [3.8, 4) is 5.75 Å². The van der Waals surface area contributed by atoms with Crippen LogP contribution >= 0.6 is 0 Å². The number of amides is 1. The summed E-state index contributed by atoms with van der Waals surface area (Å²) in [6, 6.07) is 21.9. The number of hydrogen-bond acceptors (Lipinski definition) is 6. The normalized spacial score (nSPS) is 11.9. The van der Waals surface area contributed by atoms with Crippen LogP contribution in [0.15, 0.2) is 83.8 Å². The fraction of sp³-hybridized carbons (Fsp3) is 0.200. The van der Waals surface area contributed by atoms with Gasteiger partial charge in [0.2, 0.25) is 10.0 Å². The number of benzene rings is 3. The largest absolute Gasteiger partial charge is 0.489 e. The zero-order valence-electron chi connectivity index (χ0n) is 18.9. The molecule has 0 saturated heterocycles. The molecule has 3 rings (SSSR count). The van der Waals surface area contributed by atoms with Gasteiger partial charge in [-0.2, -0.15) is 0 Å². The van der Waals surface area contributed by atoms with Gasteiger partial charge >= 0.3 is 5.97 Å². The summed E-state index contributed by atoms with van der Waals surface area (Å²) in [5.41, 5.74) is 1.71. The Morgan fingerprint density at radius 3 is 2.18 bits per heavy atom. The third-order valence-corrected chi connectivity index (χ3v) is 6.32. The summed E-state index contributed by atoms with van der Waals surface area (Å²) in [6.07, 6.45) is -1.06. The Bertz CT molecular complexity index is 1210. The molecule has 8 nitrogen and oxygen atoms in total. The quantitative estimate of drug-likeness (QED) is 0.426. The predicted octanol–water partition coefficient (Wildman–Crippen LogP) is 3.75. The van der Waals surface area contributed by atoms with E-state index in [0.29, 0.717) is 18.0 Å². The minimum Gasteiger partial charge on any atom is -0.489 e. The predicted molar refractivity (Wildman–Crippen MR) is 128 cm³/mol. The van der Waals surface area contributed by atoms with Gasteiger partial charge < -0.3 is 14.8 Å². The minimum atomic E-state index is -3.62. The van der Waals surface area contributed by atoms with E-state index in [2.05, 4.69) is 10.0 Å². The van der Waals surface area contributed by atoms with Crippen LogP contribution in [0.5, 0.6) is 5.75 Å². The van der Waals surface area contributed by atoms with Gasteiger partial charge in [0, 0.05) is 12.2 Å². The van der Waals surface area contributed by atoms with Crippen LogP contribution in [0.2, 0.25) is 0 Å². The van der Waals surface area contributed by atoms with E-state index in [9.17, 15) is 18.0 Å². The SMILES string of the molecule is CCNS(=O)(=O)c1ccc(C(=O)OC(C)C(=O)Nc2ccc(OCc3ccccc3)cc2)cc1. The number of carbonyl (C=O) groups excluding carboxylic acids is 2. The van der Waals surface area contributed by atoms with Crippen LogP contribution in [0.4, 0.5) is 5.69 Å². The van der Waals surface area contributed by atoms with Gasteiger partial charge in [-0.3, -0.25) is 4.79 Å². The number of nitrogens with one attached hydrogen (secondary N) is 2. The van der Waals surface area contributed by atoms with Crippen molar-refractivity contribution in [2.45, 2.75) is 31.5 Å². The third-order valence-electron chi connectivity index (χ3n) is 4.76. The summed E-state index contributed by atoms with van der Waals surface area (Å²) in [5.74, 6) is -0.585. The lowest BCUT2D eigenvalue weighted by Crippen LogP contribution is -2.30. The third kappa shape index (κ3) is 6.90. The van der Waals surface area contributed by atoms with Crippen LogP contribution < -0.4 is 14.8 Å². The van der Waals surface area contributed by atoms with Crippen molar-refractivity contribution in [3.05, 3.63) is 90.0 Å². The van der Waals surface area contributed by atoms with Crippen molar-refractivity contribution in [2.75, 3.05) is 11.9 Å². The van der Waals surface area contributed by atoms with E-state index >= 15 is 0 Å². The number of anilines is 1. The van der Waals surface area contributed by atoms with Gasteiger partial charge in [0.1, 0.15) is 12.4 Å².